The average molecular weight is 486 g/mol. The van der Waals surface area contributed by atoms with Crippen molar-refractivity contribution in [3.63, 3.8) is 0 Å². The number of hydrogen-bond acceptors (Lipinski definition) is 5. The summed E-state index contributed by atoms with van der Waals surface area (Å²) in [6.07, 6.45) is 2.36. The summed E-state index contributed by atoms with van der Waals surface area (Å²) in [5.41, 5.74) is 4.38. The smallest absolute Gasteiger partial charge is 0.255 e. The van der Waals surface area contributed by atoms with Crippen molar-refractivity contribution in [2.75, 3.05) is 25.1 Å². The predicted octanol–water partition coefficient (Wildman–Crippen LogP) is 3.90. The summed E-state index contributed by atoms with van der Waals surface area (Å²) in [7, 11) is 0. The van der Waals surface area contributed by atoms with E-state index in [2.05, 4.69) is 15.6 Å². The van der Waals surface area contributed by atoms with Crippen LogP contribution in [0.2, 0.25) is 0 Å². The Morgan fingerprint density at radius 2 is 1.83 bits per heavy atom. The number of aromatic amines is 1. The molecule has 0 spiro atoms. The standard InChI is InChI=1S/C28H27N3O5/c1-17(33)30-25-9-5-3-6-21(25)18-13-23(27-26(14-18)35-10-11-36-27)28(34)31-20(16-32)12-19-15-29-24-8-4-2-7-22(19)24/h2-9,13-15,20,29,32H,10-12,16H2,1H3,(H,30,33)(H,31,34)/t20-/m1/s1. The van der Waals surface area contributed by atoms with Crippen molar-refractivity contribution in [2.24, 2.45) is 0 Å². The van der Waals surface area contributed by atoms with Gasteiger partial charge in [0.2, 0.25) is 5.91 Å². The van der Waals surface area contributed by atoms with Gasteiger partial charge < -0.3 is 30.2 Å². The first-order valence-electron chi connectivity index (χ1n) is 11.8. The number of aromatic nitrogens is 1. The first-order chi connectivity index (χ1) is 17.5. The molecule has 4 aromatic rings. The van der Waals surface area contributed by atoms with E-state index in [1.54, 1.807) is 18.2 Å². The number of carbonyl (C=O) groups is 2. The zero-order valence-corrected chi connectivity index (χ0v) is 19.8. The van der Waals surface area contributed by atoms with E-state index in [1.807, 2.05) is 48.7 Å². The Kier molecular flexibility index (Phi) is 6.60. The van der Waals surface area contributed by atoms with E-state index < -0.39 is 6.04 Å². The number of ether oxygens (including phenoxy) is 2. The molecule has 36 heavy (non-hydrogen) atoms. The number of aliphatic hydroxyl groups excluding tert-OH is 1. The average Bonchev–Trinajstić information content (AvgIpc) is 3.30. The molecule has 1 aliphatic heterocycles. The zero-order valence-electron chi connectivity index (χ0n) is 19.8. The number of anilines is 1. The van der Waals surface area contributed by atoms with Crippen LogP contribution in [0.5, 0.6) is 11.5 Å². The molecule has 8 nitrogen and oxygen atoms in total. The maximum absolute atomic E-state index is 13.5. The highest BCUT2D eigenvalue weighted by Gasteiger charge is 2.25. The SMILES string of the molecule is CC(=O)Nc1ccccc1-c1cc2c(c(C(=O)N[C@@H](CO)Cc3c[nH]c4ccccc34)c1)OCCO2. The Balaban J connectivity index is 1.47. The van der Waals surface area contributed by atoms with Crippen molar-refractivity contribution < 1.29 is 24.2 Å². The van der Waals surface area contributed by atoms with Crippen molar-refractivity contribution in [1.29, 1.82) is 0 Å². The summed E-state index contributed by atoms with van der Waals surface area (Å²) >= 11 is 0. The minimum absolute atomic E-state index is 0.193. The second-order valence-electron chi connectivity index (χ2n) is 8.69. The Morgan fingerprint density at radius 1 is 1.06 bits per heavy atom. The minimum Gasteiger partial charge on any atom is -0.486 e. The fourth-order valence-electron chi connectivity index (χ4n) is 4.50. The number of H-pyrrole nitrogens is 1. The number of aliphatic hydroxyl groups is 1. The van der Waals surface area contributed by atoms with Crippen LogP contribution in [0, 0.1) is 0 Å². The fourth-order valence-corrected chi connectivity index (χ4v) is 4.50. The summed E-state index contributed by atoms with van der Waals surface area (Å²) in [6.45, 7) is 1.91. The first kappa shape index (κ1) is 23.4. The lowest BCUT2D eigenvalue weighted by Crippen LogP contribution is -2.39. The van der Waals surface area contributed by atoms with E-state index >= 15 is 0 Å². The van der Waals surface area contributed by atoms with Crippen molar-refractivity contribution in [2.45, 2.75) is 19.4 Å². The highest BCUT2D eigenvalue weighted by Crippen LogP contribution is 2.40. The van der Waals surface area contributed by atoms with Crippen LogP contribution >= 0.6 is 0 Å². The third-order valence-electron chi connectivity index (χ3n) is 6.13. The lowest BCUT2D eigenvalue weighted by molar-refractivity contribution is -0.114. The van der Waals surface area contributed by atoms with Crippen LogP contribution in [-0.2, 0) is 11.2 Å². The molecule has 0 aliphatic carbocycles. The molecule has 1 atom stereocenters. The molecule has 4 N–H and O–H groups in total. The van der Waals surface area contributed by atoms with Crippen LogP contribution < -0.4 is 20.1 Å². The molecule has 0 saturated heterocycles. The fraction of sp³-hybridized carbons (Fsp3) is 0.214. The summed E-state index contributed by atoms with van der Waals surface area (Å²) in [6, 6.07) is 18.3. The molecule has 0 fully saturated rings. The van der Waals surface area contributed by atoms with Gasteiger partial charge in [0.1, 0.15) is 13.2 Å². The number of amides is 2. The quantitative estimate of drug-likeness (QED) is 0.317. The van der Waals surface area contributed by atoms with Crippen LogP contribution in [0.4, 0.5) is 5.69 Å². The predicted molar refractivity (Wildman–Crippen MR) is 138 cm³/mol. The number of nitrogens with one attached hydrogen (secondary N) is 3. The summed E-state index contributed by atoms with van der Waals surface area (Å²) in [5, 5.41) is 16.9. The molecule has 8 heteroatoms. The van der Waals surface area contributed by atoms with Crippen molar-refractivity contribution in [3.05, 3.63) is 78.0 Å². The van der Waals surface area contributed by atoms with Gasteiger partial charge in [0.15, 0.2) is 11.5 Å². The van der Waals surface area contributed by atoms with Crippen LogP contribution in [-0.4, -0.2) is 47.8 Å². The zero-order chi connectivity index (χ0) is 25.1. The topological polar surface area (TPSA) is 113 Å². The highest BCUT2D eigenvalue weighted by molar-refractivity contribution is 6.01. The van der Waals surface area contributed by atoms with Crippen LogP contribution in [0.25, 0.3) is 22.0 Å². The number of fused-ring (bicyclic) bond motifs is 2. The van der Waals surface area contributed by atoms with Crippen LogP contribution in [0.3, 0.4) is 0 Å². The lowest BCUT2D eigenvalue weighted by Gasteiger charge is -2.24. The Bertz CT molecular complexity index is 1430. The normalized spacial score (nSPS) is 13.3. The molecule has 2 amide bonds. The molecule has 0 bridgehead atoms. The summed E-state index contributed by atoms with van der Waals surface area (Å²) in [4.78, 5) is 28.4. The van der Waals surface area contributed by atoms with Crippen LogP contribution in [0.1, 0.15) is 22.8 Å². The third kappa shape index (κ3) is 4.76. The lowest BCUT2D eigenvalue weighted by atomic mass is 9.98. The van der Waals surface area contributed by atoms with E-state index in [-0.39, 0.29) is 18.4 Å². The first-order valence-corrected chi connectivity index (χ1v) is 11.8. The summed E-state index contributed by atoms with van der Waals surface area (Å²) < 4.78 is 11.6. The molecule has 184 valence electrons. The van der Waals surface area contributed by atoms with Gasteiger partial charge >= 0.3 is 0 Å². The number of benzene rings is 3. The largest absolute Gasteiger partial charge is 0.486 e. The number of para-hydroxylation sites is 2. The van der Waals surface area contributed by atoms with E-state index in [4.69, 9.17) is 9.47 Å². The molecule has 0 unspecified atom stereocenters. The second-order valence-corrected chi connectivity index (χ2v) is 8.69. The van der Waals surface area contributed by atoms with Gasteiger partial charge in [-0.25, -0.2) is 0 Å². The molecule has 2 heterocycles. The van der Waals surface area contributed by atoms with E-state index in [0.29, 0.717) is 47.9 Å². The van der Waals surface area contributed by atoms with Gasteiger partial charge in [-0.1, -0.05) is 36.4 Å². The molecule has 3 aromatic carbocycles. The van der Waals surface area contributed by atoms with Crippen molar-refractivity contribution in [3.8, 4) is 22.6 Å². The van der Waals surface area contributed by atoms with Gasteiger partial charge in [-0.15, -0.1) is 0 Å². The van der Waals surface area contributed by atoms with Gasteiger partial charge in [0.25, 0.3) is 5.91 Å². The molecule has 0 saturated carbocycles. The molecular weight excluding hydrogens is 458 g/mol. The van der Waals surface area contributed by atoms with Gasteiger partial charge in [0.05, 0.1) is 18.2 Å². The number of hydrogen-bond donors (Lipinski definition) is 4. The number of rotatable bonds is 7. The summed E-state index contributed by atoms with van der Waals surface area (Å²) in [5.74, 6) is 0.248. The molecule has 0 radical (unpaired) electrons. The third-order valence-corrected chi connectivity index (χ3v) is 6.13. The minimum atomic E-state index is -0.507. The van der Waals surface area contributed by atoms with Gasteiger partial charge in [0, 0.05) is 35.3 Å². The van der Waals surface area contributed by atoms with Crippen molar-refractivity contribution >= 4 is 28.4 Å². The van der Waals surface area contributed by atoms with Gasteiger partial charge in [-0.2, -0.15) is 0 Å². The van der Waals surface area contributed by atoms with Gasteiger partial charge in [-0.05, 0) is 41.8 Å². The van der Waals surface area contributed by atoms with Gasteiger partial charge in [-0.3, -0.25) is 9.59 Å². The van der Waals surface area contributed by atoms with E-state index in [1.165, 1.54) is 6.92 Å². The molecule has 1 aromatic heterocycles. The monoisotopic (exact) mass is 485 g/mol. The maximum Gasteiger partial charge on any atom is 0.255 e. The molecule has 1 aliphatic rings. The maximum atomic E-state index is 13.5. The van der Waals surface area contributed by atoms with Crippen molar-refractivity contribution in [1.82, 2.24) is 10.3 Å². The van der Waals surface area contributed by atoms with Crippen LogP contribution in [0.15, 0.2) is 66.9 Å². The second kappa shape index (κ2) is 10.1. The van der Waals surface area contributed by atoms with E-state index in [9.17, 15) is 14.7 Å². The Morgan fingerprint density at radius 3 is 2.67 bits per heavy atom. The molecular formula is C28H27N3O5. The van der Waals surface area contributed by atoms with E-state index in [0.717, 1.165) is 22.0 Å². The Labute approximate surface area is 208 Å². The number of carbonyl (C=O) groups excluding carboxylic acids is 2. The highest BCUT2D eigenvalue weighted by atomic mass is 16.6. The molecule has 5 rings (SSSR count). The Hall–Kier alpha value is -4.30.